The third kappa shape index (κ3) is 5.46. The Hall–Kier alpha value is -2.25. The summed E-state index contributed by atoms with van der Waals surface area (Å²) in [4.78, 5) is 14.7. The van der Waals surface area contributed by atoms with Gasteiger partial charge in [0.25, 0.3) is 0 Å². The second-order valence-electron chi connectivity index (χ2n) is 5.13. The zero-order valence-corrected chi connectivity index (χ0v) is 13.2. The summed E-state index contributed by atoms with van der Waals surface area (Å²) in [6.45, 7) is 0. The van der Waals surface area contributed by atoms with Crippen LogP contribution in [-0.4, -0.2) is 30.5 Å². The van der Waals surface area contributed by atoms with Crippen LogP contribution in [0.15, 0.2) is 59.8 Å². The van der Waals surface area contributed by atoms with Crippen molar-refractivity contribution in [1.29, 1.82) is 0 Å². The molecule has 1 aromatic carbocycles. The average Bonchev–Trinajstić information content (AvgIpc) is 2.54. The van der Waals surface area contributed by atoms with E-state index in [2.05, 4.69) is 9.71 Å². The van der Waals surface area contributed by atoms with Crippen molar-refractivity contribution < 1.29 is 18.3 Å². The van der Waals surface area contributed by atoms with E-state index in [0.29, 0.717) is 6.42 Å². The molecule has 1 heterocycles. The van der Waals surface area contributed by atoms with Gasteiger partial charge in [0.05, 0.1) is 0 Å². The molecule has 0 radical (unpaired) electrons. The fourth-order valence-corrected chi connectivity index (χ4v) is 3.43. The number of aliphatic carboxylic acids is 1. The van der Waals surface area contributed by atoms with Gasteiger partial charge in [0, 0.05) is 24.9 Å². The van der Waals surface area contributed by atoms with Gasteiger partial charge in [-0.05, 0) is 30.5 Å². The number of nitrogens with one attached hydrogen (secondary N) is 1. The van der Waals surface area contributed by atoms with Crippen LogP contribution < -0.4 is 4.72 Å². The highest BCUT2D eigenvalue weighted by atomic mass is 32.2. The number of pyridine rings is 1. The number of sulfonamides is 1. The lowest BCUT2D eigenvalue weighted by Crippen LogP contribution is -2.37. The van der Waals surface area contributed by atoms with Crippen LogP contribution in [0.5, 0.6) is 0 Å². The third-order valence-electron chi connectivity index (χ3n) is 3.30. The molecule has 0 fully saturated rings. The molecule has 0 saturated heterocycles. The molecule has 1 aromatic heterocycles. The van der Waals surface area contributed by atoms with Crippen LogP contribution in [-0.2, 0) is 21.2 Å². The summed E-state index contributed by atoms with van der Waals surface area (Å²) in [5.74, 6) is -0.955. The highest BCUT2D eigenvalue weighted by Crippen LogP contribution is 2.13. The molecule has 0 amide bonds. The lowest BCUT2D eigenvalue weighted by molar-refractivity contribution is -0.137. The van der Waals surface area contributed by atoms with Gasteiger partial charge in [-0.25, -0.2) is 13.1 Å². The van der Waals surface area contributed by atoms with Gasteiger partial charge in [-0.15, -0.1) is 0 Å². The van der Waals surface area contributed by atoms with Crippen LogP contribution in [0.4, 0.5) is 0 Å². The van der Waals surface area contributed by atoms with E-state index in [1.165, 1.54) is 24.5 Å². The van der Waals surface area contributed by atoms with Gasteiger partial charge in [0.2, 0.25) is 10.0 Å². The second-order valence-corrected chi connectivity index (χ2v) is 6.84. The molecule has 0 aliphatic rings. The minimum absolute atomic E-state index is 0.0633. The van der Waals surface area contributed by atoms with Crippen molar-refractivity contribution in [2.24, 2.45) is 0 Å². The average molecular weight is 334 g/mol. The molecule has 0 spiro atoms. The van der Waals surface area contributed by atoms with Gasteiger partial charge >= 0.3 is 5.97 Å². The van der Waals surface area contributed by atoms with E-state index in [1.807, 2.05) is 30.3 Å². The Labute approximate surface area is 135 Å². The van der Waals surface area contributed by atoms with Crippen molar-refractivity contribution >= 4 is 16.0 Å². The summed E-state index contributed by atoms with van der Waals surface area (Å²) < 4.78 is 27.3. The largest absolute Gasteiger partial charge is 0.481 e. The van der Waals surface area contributed by atoms with Crippen molar-refractivity contribution in [2.45, 2.75) is 30.2 Å². The molecule has 23 heavy (non-hydrogen) atoms. The monoisotopic (exact) mass is 334 g/mol. The maximum Gasteiger partial charge on any atom is 0.303 e. The lowest BCUT2D eigenvalue weighted by Gasteiger charge is -2.18. The smallest absolute Gasteiger partial charge is 0.303 e. The van der Waals surface area contributed by atoms with Crippen molar-refractivity contribution in [1.82, 2.24) is 9.71 Å². The minimum atomic E-state index is -3.73. The van der Waals surface area contributed by atoms with Gasteiger partial charge in [-0.3, -0.25) is 9.78 Å². The second kappa shape index (κ2) is 7.85. The first-order chi connectivity index (χ1) is 11.0. The minimum Gasteiger partial charge on any atom is -0.481 e. The van der Waals surface area contributed by atoms with Crippen molar-refractivity contribution in [2.75, 3.05) is 0 Å². The number of nitrogens with zero attached hydrogens (tertiary/aromatic N) is 1. The van der Waals surface area contributed by atoms with E-state index in [-0.39, 0.29) is 17.7 Å². The molecule has 2 rings (SSSR count). The number of hydrogen-bond acceptors (Lipinski definition) is 4. The highest BCUT2D eigenvalue weighted by Gasteiger charge is 2.21. The predicted octanol–water partition coefficient (Wildman–Crippen LogP) is 1.84. The fraction of sp³-hybridized carbons (Fsp3) is 0.250. The van der Waals surface area contributed by atoms with Crippen LogP contribution in [0.3, 0.4) is 0 Å². The molecule has 1 unspecified atom stereocenters. The van der Waals surface area contributed by atoms with E-state index in [9.17, 15) is 13.2 Å². The van der Waals surface area contributed by atoms with Crippen LogP contribution in [0.1, 0.15) is 18.4 Å². The Morgan fingerprint density at radius 2 is 1.91 bits per heavy atom. The number of carboxylic acids is 1. The predicted molar refractivity (Wildman–Crippen MR) is 85.4 cm³/mol. The molecule has 122 valence electrons. The number of carboxylic acid groups (broad SMARTS) is 1. The lowest BCUT2D eigenvalue weighted by atomic mass is 10.0. The zero-order chi connectivity index (χ0) is 16.7. The van der Waals surface area contributed by atoms with Crippen molar-refractivity contribution in [3.05, 3.63) is 60.4 Å². The van der Waals surface area contributed by atoms with E-state index in [4.69, 9.17) is 5.11 Å². The number of benzene rings is 1. The molecule has 7 heteroatoms. The van der Waals surface area contributed by atoms with E-state index in [1.54, 1.807) is 0 Å². The van der Waals surface area contributed by atoms with Crippen LogP contribution in [0.2, 0.25) is 0 Å². The number of carbonyl (C=O) groups is 1. The van der Waals surface area contributed by atoms with Crippen molar-refractivity contribution in [3.8, 4) is 0 Å². The first-order valence-corrected chi connectivity index (χ1v) is 8.64. The summed E-state index contributed by atoms with van der Waals surface area (Å²) in [6, 6.07) is 11.8. The Kier molecular flexibility index (Phi) is 5.84. The highest BCUT2D eigenvalue weighted by molar-refractivity contribution is 7.89. The number of aromatic nitrogens is 1. The van der Waals surface area contributed by atoms with E-state index < -0.39 is 22.0 Å². The quantitative estimate of drug-likeness (QED) is 0.768. The van der Waals surface area contributed by atoms with Crippen LogP contribution >= 0.6 is 0 Å². The van der Waals surface area contributed by atoms with Gasteiger partial charge in [0.1, 0.15) is 4.90 Å². The van der Waals surface area contributed by atoms with Gasteiger partial charge in [0.15, 0.2) is 0 Å². The first-order valence-electron chi connectivity index (χ1n) is 7.15. The van der Waals surface area contributed by atoms with Crippen LogP contribution in [0, 0.1) is 0 Å². The molecule has 2 N–H and O–H groups in total. The third-order valence-corrected chi connectivity index (χ3v) is 4.80. The normalized spacial score (nSPS) is 12.7. The standard InChI is InChI=1S/C16H18N2O4S/c19-16(20)9-8-14(11-13-5-2-1-3-6-13)18-23(21,22)15-7-4-10-17-12-15/h1-7,10,12,14,18H,8-9,11H2,(H,19,20). The van der Waals surface area contributed by atoms with Crippen LogP contribution in [0.25, 0.3) is 0 Å². The fourth-order valence-electron chi connectivity index (χ4n) is 2.19. The molecule has 1 atom stereocenters. The maximum absolute atomic E-state index is 12.4. The molecular weight excluding hydrogens is 316 g/mol. The molecule has 6 nitrogen and oxygen atoms in total. The summed E-state index contributed by atoms with van der Waals surface area (Å²) in [6.07, 6.45) is 3.29. The number of rotatable bonds is 8. The molecule has 0 aliphatic heterocycles. The Bertz CT molecular complexity index is 733. The van der Waals surface area contributed by atoms with E-state index >= 15 is 0 Å². The van der Waals surface area contributed by atoms with Gasteiger partial charge in [-0.1, -0.05) is 30.3 Å². The van der Waals surface area contributed by atoms with Crippen molar-refractivity contribution in [3.63, 3.8) is 0 Å². The zero-order valence-electron chi connectivity index (χ0n) is 12.4. The van der Waals surface area contributed by atoms with Gasteiger partial charge in [-0.2, -0.15) is 0 Å². The molecule has 0 aliphatic carbocycles. The van der Waals surface area contributed by atoms with E-state index in [0.717, 1.165) is 5.56 Å². The summed E-state index contributed by atoms with van der Waals surface area (Å²) >= 11 is 0. The topological polar surface area (TPSA) is 96.4 Å². The Morgan fingerprint density at radius 1 is 1.17 bits per heavy atom. The first kappa shape index (κ1) is 17.1. The maximum atomic E-state index is 12.4. The molecule has 0 saturated carbocycles. The molecule has 2 aromatic rings. The Morgan fingerprint density at radius 3 is 2.52 bits per heavy atom. The number of hydrogen-bond donors (Lipinski definition) is 2. The summed E-state index contributed by atoms with van der Waals surface area (Å²) in [5.41, 5.74) is 0.941. The molecular formula is C16H18N2O4S. The summed E-state index contributed by atoms with van der Waals surface area (Å²) in [7, 11) is -3.73. The Balaban J connectivity index is 2.15. The van der Waals surface area contributed by atoms with Gasteiger partial charge < -0.3 is 5.11 Å². The summed E-state index contributed by atoms with van der Waals surface area (Å²) in [5, 5.41) is 8.86. The SMILES string of the molecule is O=C(O)CCC(Cc1ccccc1)NS(=O)(=O)c1cccnc1. The molecule has 0 bridgehead atoms.